The first-order chi connectivity index (χ1) is 10.1. The van der Waals surface area contributed by atoms with Crippen molar-refractivity contribution in [3.8, 4) is 0 Å². The molecule has 2 aliphatic heterocycles. The molecule has 1 atom stereocenters. The highest BCUT2D eigenvalue weighted by Gasteiger charge is 2.44. The van der Waals surface area contributed by atoms with Crippen LogP contribution >= 0.6 is 0 Å². The van der Waals surface area contributed by atoms with E-state index in [4.69, 9.17) is 0 Å². The lowest BCUT2D eigenvalue weighted by Gasteiger charge is -2.50. The lowest BCUT2D eigenvalue weighted by atomic mass is 9.80. The molecule has 0 bridgehead atoms. The predicted octanol–water partition coefficient (Wildman–Crippen LogP) is 1.09. The van der Waals surface area contributed by atoms with Gasteiger partial charge in [-0.15, -0.1) is 0 Å². The van der Waals surface area contributed by atoms with Gasteiger partial charge in [0.15, 0.2) is 0 Å². The third kappa shape index (κ3) is 2.50. The minimum Gasteiger partial charge on any atom is -0.338 e. The van der Waals surface area contributed by atoms with E-state index in [-0.39, 0.29) is 17.4 Å². The van der Waals surface area contributed by atoms with Crippen molar-refractivity contribution >= 4 is 11.8 Å². The molecule has 3 rings (SSSR count). The number of carbonyl (C=O) groups excluding carboxylic acids is 2. The number of likely N-dealkylation sites (tertiary alicyclic amines) is 2. The van der Waals surface area contributed by atoms with E-state index in [1.165, 1.54) is 12.4 Å². The molecule has 6 nitrogen and oxygen atoms in total. The lowest BCUT2D eigenvalue weighted by Crippen LogP contribution is -2.61. The highest BCUT2D eigenvalue weighted by Crippen LogP contribution is 2.35. The molecule has 2 amide bonds. The van der Waals surface area contributed by atoms with Crippen LogP contribution in [0.25, 0.3) is 0 Å². The molecule has 0 aliphatic carbocycles. The Hall–Kier alpha value is -1.98. The Morgan fingerprint density at radius 3 is 2.86 bits per heavy atom. The summed E-state index contributed by atoms with van der Waals surface area (Å²) in [5, 5.41) is 0. The van der Waals surface area contributed by atoms with Gasteiger partial charge in [-0.25, -0.2) is 4.98 Å². The summed E-state index contributed by atoms with van der Waals surface area (Å²) in [7, 11) is 1.87. The maximum atomic E-state index is 12.5. The normalized spacial score (nSPS) is 26.2. The summed E-state index contributed by atoms with van der Waals surface area (Å²) < 4.78 is 0. The van der Waals surface area contributed by atoms with Gasteiger partial charge in [0.05, 0.1) is 11.7 Å². The van der Waals surface area contributed by atoms with Gasteiger partial charge in [0.2, 0.25) is 5.91 Å². The van der Waals surface area contributed by atoms with Crippen LogP contribution in [-0.2, 0) is 4.79 Å². The molecule has 0 radical (unpaired) electrons. The van der Waals surface area contributed by atoms with Crippen LogP contribution in [0.4, 0.5) is 0 Å². The largest absolute Gasteiger partial charge is 0.338 e. The van der Waals surface area contributed by atoms with E-state index >= 15 is 0 Å². The molecule has 1 spiro atoms. The van der Waals surface area contributed by atoms with Crippen LogP contribution in [-0.4, -0.2) is 57.3 Å². The van der Waals surface area contributed by atoms with Crippen molar-refractivity contribution in [1.82, 2.24) is 19.8 Å². The zero-order valence-corrected chi connectivity index (χ0v) is 12.3. The standard InChI is InChI=1S/C15H20N4O2/c1-18-13(20)4-2-5-15(18)6-3-9-19(11-15)14(21)12-10-16-7-8-17-12/h7-8,10H,2-6,9,11H2,1H3. The van der Waals surface area contributed by atoms with Crippen molar-refractivity contribution in [3.63, 3.8) is 0 Å². The highest BCUT2D eigenvalue weighted by molar-refractivity contribution is 5.92. The second kappa shape index (κ2) is 5.42. The van der Waals surface area contributed by atoms with E-state index in [0.29, 0.717) is 18.7 Å². The molecule has 1 aromatic rings. The average molecular weight is 288 g/mol. The van der Waals surface area contributed by atoms with Gasteiger partial charge < -0.3 is 9.80 Å². The second-order valence-corrected chi connectivity index (χ2v) is 5.95. The van der Waals surface area contributed by atoms with Gasteiger partial charge in [-0.1, -0.05) is 0 Å². The maximum Gasteiger partial charge on any atom is 0.274 e. The summed E-state index contributed by atoms with van der Waals surface area (Å²) in [6, 6.07) is 0. The van der Waals surface area contributed by atoms with Gasteiger partial charge in [0.1, 0.15) is 5.69 Å². The Morgan fingerprint density at radius 2 is 2.10 bits per heavy atom. The summed E-state index contributed by atoms with van der Waals surface area (Å²) in [4.78, 5) is 36.3. The topological polar surface area (TPSA) is 66.4 Å². The minimum absolute atomic E-state index is 0.0893. The summed E-state index contributed by atoms with van der Waals surface area (Å²) in [6.45, 7) is 1.32. The quantitative estimate of drug-likeness (QED) is 0.776. The second-order valence-electron chi connectivity index (χ2n) is 5.95. The number of hydrogen-bond donors (Lipinski definition) is 0. The number of likely N-dealkylation sites (N-methyl/N-ethyl adjacent to an activating group) is 1. The summed E-state index contributed by atoms with van der Waals surface area (Å²) >= 11 is 0. The van der Waals surface area contributed by atoms with Crippen LogP contribution < -0.4 is 0 Å². The Morgan fingerprint density at radius 1 is 1.29 bits per heavy atom. The molecular weight excluding hydrogens is 268 g/mol. The van der Waals surface area contributed by atoms with Crippen molar-refractivity contribution < 1.29 is 9.59 Å². The molecule has 21 heavy (non-hydrogen) atoms. The molecule has 3 heterocycles. The third-order valence-electron chi connectivity index (χ3n) is 4.74. The molecule has 2 fully saturated rings. The fraction of sp³-hybridized carbons (Fsp3) is 0.600. The van der Waals surface area contributed by atoms with E-state index < -0.39 is 0 Å². The van der Waals surface area contributed by atoms with Crippen LogP contribution in [0.2, 0.25) is 0 Å². The molecule has 0 saturated carbocycles. The Kier molecular flexibility index (Phi) is 3.61. The first-order valence-corrected chi connectivity index (χ1v) is 7.44. The zero-order chi connectivity index (χ0) is 14.9. The van der Waals surface area contributed by atoms with Gasteiger partial charge >= 0.3 is 0 Å². The third-order valence-corrected chi connectivity index (χ3v) is 4.74. The fourth-order valence-corrected chi connectivity index (χ4v) is 3.50. The predicted molar refractivity (Wildman–Crippen MR) is 76.5 cm³/mol. The number of nitrogens with zero attached hydrogens (tertiary/aromatic N) is 4. The monoisotopic (exact) mass is 288 g/mol. The van der Waals surface area contributed by atoms with E-state index in [1.54, 1.807) is 6.20 Å². The minimum atomic E-state index is -0.189. The molecule has 1 aromatic heterocycles. The van der Waals surface area contributed by atoms with E-state index in [9.17, 15) is 9.59 Å². The molecule has 2 saturated heterocycles. The van der Waals surface area contributed by atoms with Gasteiger partial charge in [-0.3, -0.25) is 14.6 Å². The van der Waals surface area contributed by atoms with Crippen molar-refractivity contribution in [2.24, 2.45) is 0 Å². The van der Waals surface area contributed by atoms with Crippen molar-refractivity contribution in [3.05, 3.63) is 24.3 Å². The van der Waals surface area contributed by atoms with E-state index in [2.05, 4.69) is 9.97 Å². The van der Waals surface area contributed by atoms with Gasteiger partial charge in [-0.2, -0.15) is 0 Å². The molecular formula is C15H20N4O2. The average Bonchev–Trinajstić information content (AvgIpc) is 2.53. The number of carbonyl (C=O) groups is 2. The van der Waals surface area contributed by atoms with Crippen LogP contribution in [0.15, 0.2) is 18.6 Å². The van der Waals surface area contributed by atoms with Gasteiger partial charge in [0, 0.05) is 39.0 Å². The van der Waals surface area contributed by atoms with Gasteiger partial charge in [-0.05, 0) is 25.7 Å². The van der Waals surface area contributed by atoms with Gasteiger partial charge in [0.25, 0.3) is 5.91 Å². The van der Waals surface area contributed by atoms with E-state index in [1.807, 2.05) is 16.8 Å². The molecule has 0 aromatic carbocycles. The summed E-state index contributed by atoms with van der Waals surface area (Å²) in [5.41, 5.74) is 0.185. The number of hydrogen-bond acceptors (Lipinski definition) is 4. The summed E-state index contributed by atoms with van der Waals surface area (Å²) in [5.74, 6) is 0.101. The van der Waals surface area contributed by atoms with Crippen LogP contribution in [0.3, 0.4) is 0 Å². The molecule has 112 valence electrons. The Labute approximate surface area is 124 Å². The van der Waals surface area contributed by atoms with Crippen molar-refractivity contribution in [2.45, 2.75) is 37.6 Å². The number of rotatable bonds is 1. The molecule has 1 unspecified atom stereocenters. The molecule has 0 N–H and O–H groups in total. The first kappa shape index (κ1) is 14.0. The number of aromatic nitrogens is 2. The number of piperidine rings is 2. The Bertz CT molecular complexity index is 544. The Balaban J connectivity index is 1.80. The van der Waals surface area contributed by atoms with Crippen LogP contribution in [0.5, 0.6) is 0 Å². The van der Waals surface area contributed by atoms with Crippen molar-refractivity contribution in [2.75, 3.05) is 20.1 Å². The smallest absolute Gasteiger partial charge is 0.274 e. The zero-order valence-electron chi connectivity index (χ0n) is 12.3. The van der Waals surface area contributed by atoms with Crippen LogP contribution in [0, 0.1) is 0 Å². The van der Waals surface area contributed by atoms with Crippen molar-refractivity contribution in [1.29, 1.82) is 0 Å². The first-order valence-electron chi connectivity index (χ1n) is 7.44. The molecule has 6 heteroatoms. The SMILES string of the molecule is CN1C(=O)CCCC12CCCN(C(=O)c1cnccn1)C2. The summed E-state index contributed by atoms with van der Waals surface area (Å²) in [6.07, 6.45) is 8.99. The molecule has 2 aliphatic rings. The maximum absolute atomic E-state index is 12.5. The number of amides is 2. The van der Waals surface area contributed by atoms with E-state index in [0.717, 1.165) is 32.2 Å². The lowest BCUT2D eigenvalue weighted by molar-refractivity contribution is -0.142. The fourth-order valence-electron chi connectivity index (χ4n) is 3.50. The highest BCUT2D eigenvalue weighted by atomic mass is 16.2. The van der Waals surface area contributed by atoms with Crippen LogP contribution in [0.1, 0.15) is 42.6 Å².